The second kappa shape index (κ2) is 5.79. The number of rotatable bonds is 3. The standard InChI is InChI=1S/C14H16Cl2N2O2S/c1-14(2)8-12(14)18-21(19,20)13-10(15)6-9(4-3-5-17)7-11(13)16/h6-7,12,18H,5,8,17H2,1-2H3. The summed E-state index contributed by atoms with van der Waals surface area (Å²) in [6.07, 6.45) is 0.793. The van der Waals surface area contributed by atoms with Gasteiger partial charge in [0.25, 0.3) is 0 Å². The van der Waals surface area contributed by atoms with Crippen LogP contribution in [0.4, 0.5) is 0 Å². The fourth-order valence-corrected chi connectivity index (χ4v) is 4.58. The van der Waals surface area contributed by atoms with Crippen molar-refractivity contribution >= 4 is 33.2 Å². The second-order valence-electron chi connectivity index (χ2n) is 5.64. The van der Waals surface area contributed by atoms with Crippen molar-refractivity contribution in [3.05, 3.63) is 27.7 Å². The zero-order valence-corrected chi connectivity index (χ0v) is 14.0. The van der Waals surface area contributed by atoms with Crippen LogP contribution in [0.2, 0.25) is 10.0 Å². The summed E-state index contributed by atoms with van der Waals surface area (Å²) in [6, 6.07) is 2.86. The number of sulfonamides is 1. The van der Waals surface area contributed by atoms with E-state index in [1.165, 1.54) is 12.1 Å². The average molecular weight is 347 g/mol. The third-order valence-corrected chi connectivity index (χ3v) is 5.81. The normalized spacial score (nSPS) is 19.8. The van der Waals surface area contributed by atoms with Gasteiger partial charge in [0, 0.05) is 11.6 Å². The van der Waals surface area contributed by atoms with Crippen molar-refractivity contribution in [3.8, 4) is 11.8 Å². The molecule has 0 heterocycles. The summed E-state index contributed by atoms with van der Waals surface area (Å²) in [5.41, 5.74) is 5.79. The summed E-state index contributed by atoms with van der Waals surface area (Å²) in [5, 5.41) is 0.101. The Balaban J connectivity index is 2.35. The molecule has 1 aliphatic carbocycles. The van der Waals surface area contributed by atoms with Crippen LogP contribution in [0.25, 0.3) is 0 Å². The van der Waals surface area contributed by atoms with Crippen LogP contribution in [0.5, 0.6) is 0 Å². The maximum absolute atomic E-state index is 12.4. The molecule has 1 aromatic carbocycles. The Morgan fingerprint density at radius 2 is 1.90 bits per heavy atom. The van der Waals surface area contributed by atoms with E-state index in [9.17, 15) is 8.42 Å². The molecule has 0 aromatic heterocycles. The molecule has 0 radical (unpaired) electrons. The zero-order valence-electron chi connectivity index (χ0n) is 11.7. The van der Waals surface area contributed by atoms with Crippen molar-refractivity contribution in [1.82, 2.24) is 4.72 Å². The van der Waals surface area contributed by atoms with Gasteiger partial charge in [0.1, 0.15) is 4.90 Å². The molecule has 7 heteroatoms. The summed E-state index contributed by atoms with van der Waals surface area (Å²) in [6.45, 7) is 4.19. The lowest BCUT2D eigenvalue weighted by Gasteiger charge is -2.11. The first-order chi connectivity index (χ1) is 9.67. The number of nitrogens with two attached hydrogens (primary N) is 1. The summed E-state index contributed by atoms with van der Waals surface area (Å²) in [7, 11) is -3.75. The molecule has 21 heavy (non-hydrogen) atoms. The van der Waals surface area contributed by atoms with Gasteiger partial charge in [0.05, 0.1) is 16.6 Å². The Hall–Kier alpha value is -0.770. The van der Waals surface area contributed by atoms with Crippen molar-refractivity contribution < 1.29 is 8.42 Å². The highest BCUT2D eigenvalue weighted by Gasteiger charge is 2.48. The molecule has 3 N–H and O–H groups in total. The highest BCUT2D eigenvalue weighted by atomic mass is 35.5. The smallest absolute Gasteiger partial charge is 0.243 e. The topological polar surface area (TPSA) is 72.2 Å². The molecule has 2 rings (SSSR count). The Bertz CT molecular complexity index is 710. The molecular weight excluding hydrogens is 331 g/mol. The van der Waals surface area contributed by atoms with E-state index in [4.69, 9.17) is 28.9 Å². The summed E-state index contributed by atoms with van der Waals surface area (Å²) < 4.78 is 27.4. The first-order valence-electron chi connectivity index (χ1n) is 6.38. The highest BCUT2D eigenvalue weighted by Crippen LogP contribution is 2.45. The summed E-state index contributed by atoms with van der Waals surface area (Å²) in [4.78, 5) is -0.105. The highest BCUT2D eigenvalue weighted by molar-refractivity contribution is 7.89. The monoisotopic (exact) mass is 346 g/mol. The van der Waals surface area contributed by atoms with Crippen molar-refractivity contribution in [2.45, 2.75) is 31.2 Å². The quantitative estimate of drug-likeness (QED) is 0.825. The van der Waals surface area contributed by atoms with Crippen LogP contribution in [0, 0.1) is 17.3 Å². The van der Waals surface area contributed by atoms with Crippen LogP contribution in [-0.2, 0) is 10.0 Å². The molecule has 0 bridgehead atoms. The lowest BCUT2D eigenvalue weighted by molar-refractivity contribution is 0.555. The number of hydrogen-bond donors (Lipinski definition) is 2. The van der Waals surface area contributed by atoms with Gasteiger partial charge in [-0.2, -0.15) is 0 Å². The van der Waals surface area contributed by atoms with E-state index < -0.39 is 10.0 Å². The Morgan fingerprint density at radius 3 is 2.33 bits per heavy atom. The van der Waals surface area contributed by atoms with Gasteiger partial charge in [0.15, 0.2) is 0 Å². The van der Waals surface area contributed by atoms with Gasteiger partial charge in [0.2, 0.25) is 10.0 Å². The number of halogens is 2. The molecule has 0 amide bonds. The van der Waals surface area contributed by atoms with Crippen molar-refractivity contribution in [3.63, 3.8) is 0 Å². The molecule has 1 atom stereocenters. The maximum Gasteiger partial charge on any atom is 0.243 e. The lowest BCUT2D eigenvalue weighted by atomic mass is 10.2. The van der Waals surface area contributed by atoms with Crippen molar-refractivity contribution in [2.75, 3.05) is 6.54 Å². The van der Waals surface area contributed by atoms with Crippen LogP contribution in [-0.4, -0.2) is 21.0 Å². The van der Waals surface area contributed by atoms with E-state index in [1.807, 2.05) is 13.8 Å². The largest absolute Gasteiger partial charge is 0.320 e. The van der Waals surface area contributed by atoms with Gasteiger partial charge in [-0.15, -0.1) is 0 Å². The van der Waals surface area contributed by atoms with Crippen LogP contribution < -0.4 is 10.5 Å². The molecule has 0 saturated heterocycles. The minimum absolute atomic E-state index is 0.0292. The SMILES string of the molecule is CC1(C)CC1NS(=O)(=O)c1c(Cl)cc(C#CCN)cc1Cl. The third-order valence-electron chi connectivity index (χ3n) is 3.41. The van der Waals surface area contributed by atoms with Crippen LogP contribution >= 0.6 is 23.2 Å². The third kappa shape index (κ3) is 3.71. The predicted octanol–water partition coefficient (Wildman–Crippen LogP) is 2.38. The maximum atomic E-state index is 12.4. The van der Waals surface area contributed by atoms with Gasteiger partial charge in [-0.25, -0.2) is 13.1 Å². The van der Waals surface area contributed by atoms with Crippen LogP contribution in [0.15, 0.2) is 17.0 Å². The number of hydrogen-bond acceptors (Lipinski definition) is 3. The van der Waals surface area contributed by atoms with Gasteiger partial charge in [-0.3, -0.25) is 0 Å². The van der Waals surface area contributed by atoms with Gasteiger partial charge >= 0.3 is 0 Å². The van der Waals surface area contributed by atoms with Gasteiger partial charge in [-0.1, -0.05) is 48.9 Å². The minimum Gasteiger partial charge on any atom is -0.320 e. The van der Waals surface area contributed by atoms with E-state index in [1.54, 1.807) is 0 Å². The molecule has 1 aromatic rings. The minimum atomic E-state index is -3.75. The van der Waals surface area contributed by atoms with Gasteiger partial charge in [-0.05, 0) is 24.0 Å². The van der Waals surface area contributed by atoms with Crippen LogP contribution in [0.3, 0.4) is 0 Å². The molecule has 1 unspecified atom stereocenters. The fourth-order valence-electron chi connectivity index (χ4n) is 1.96. The number of benzene rings is 1. The molecule has 1 saturated carbocycles. The first kappa shape index (κ1) is 16.6. The van der Waals surface area contributed by atoms with E-state index in [0.717, 1.165) is 6.42 Å². The molecule has 1 aliphatic rings. The Morgan fingerprint density at radius 1 is 1.38 bits per heavy atom. The first-order valence-corrected chi connectivity index (χ1v) is 8.61. The van der Waals surface area contributed by atoms with Gasteiger partial charge < -0.3 is 5.73 Å². The Labute approximate surface area is 135 Å². The molecule has 4 nitrogen and oxygen atoms in total. The molecule has 0 aliphatic heterocycles. The second-order valence-corrected chi connectivity index (χ2v) is 8.11. The van der Waals surface area contributed by atoms with E-state index in [2.05, 4.69) is 16.6 Å². The van der Waals surface area contributed by atoms with Crippen molar-refractivity contribution in [2.24, 2.45) is 11.1 Å². The van der Waals surface area contributed by atoms with E-state index in [-0.39, 0.29) is 32.9 Å². The summed E-state index contributed by atoms with van der Waals surface area (Å²) in [5.74, 6) is 5.44. The van der Waals surface area contributed by atoms with E-state index in [0.29, 0.717) is 5.56 Å². The summed E-state index contributed by atoms with van der Waals surface area (Å²) >= 11 is 12.1. The molecule has 1 fully saturated rings. The van der Waals surface area contributed by atoms with E-state index >= 15 is 0 Å². The van der Waals surface area contributed by atoms with Crippen LogP contribution in [0.1, 0.15) is 25.8 Å². The lowest BCUT2D eigenvalue weighted by Crippen LogP contribution is -2.29. The molecule has 114 valence electrons. The Kier molecular flexibility index (Phi) is 4.57. The number of nitrogens with one attached hydrogen (secondary N) is 1. The zero-order chi connectivity index (χ0) is 15.8. The average Bonchev–Trinajstić information content (AvgIpc) is 2.91. The molecule has 0 spiro atoms. The van der Waals surface area contributed by atoms with Crippen molar-refractivity contribution in [1.29, 1.82) is 0 Å². The fraction of sp³-hybridized carbons (Fsp3) is 0.429. The predicted molar refractivity (Wildman–Crippen MR) is 84.9 cm³/mol. The molecular formula is C14H16Cl2N2O2S.